The Bertz CT molecular complexity index is 913. The van der Waals surface area contributed by atoms with E-state index in [1.807, 2.05) is 0 Å². The summed E-state index contributed by atoms with van der Waals surface area (Å²) in [5.41, 5.74) is 2.50. The molecule has 0 saturated carbocycles. The van der Waals surface area contributed by atoms with Crippen LogP contribution in [0.1, 0.15) is 12.5 Å². The van der Waals surface area contributed by atoms with Crippen LogP contribution in [0.2, 0.25) is 0 Å². The summed E-state index contributed by atoms with van der Waals surface area (Å²) < 4.78 is 10.3. The minimum absolute atomic E-state index is 0.0959. The average molecular weight is 386 g/mol. The zero-order valence-corrected chi connectivity index (χ0v) is 15.2. The summed E-state index contributed by atoms with van der Waals surface area (Å²) in [6.07, 6.45) is 1.17. The molecule has 0 aromatic heterocycles. The van der Waals surface area contributed by atoms with Crippen molar-refractivity contribution < 1.29 is 24.0 Å². The Hall–Kier alpha value is -3.95. The molecule has 2 amide bonds. The number of hydrogen-bond acceptors (Lipinski definition) is 7. The van der Waals surface area contributed by atoms with E-state index in [4.69, 9.17) is 9.47 Å². The third-order valence-electron chi connectivity index (χ3n) is 3.42. The van der Waals surface area contributed by atoms with Gasteiger partial charge in [0.1, 0.15) is 5.75 Å². The van der Waals surface area contributed by atoms with Crippen molar-refractivity contribution in [2.24, 2.45) is 5.10 Å². The summed E-state index contributed by atoms with van der Waals surface area (Å²) in [4.78, 5) is 34.3. The molecule has 10 heteroatoms. The molecule has 0 heterocycles. The molecule has 0 aliphatic rings. The summed E-state index contributed by atoms with van der Waals surface area (Å²) in [6, 6.07) is 10.8. The maximum Gasteiger partial charge on any atom is 0.329 e. The predicted octanol–water partition coefficient (Wildman–Crippen LogP) is 2.09. The number of nitro benzene ring substituents is 1. The summed E-state index contributed by atoms with van der Waals surface area (Å²) in [5.74, 6) is -1.42. The Morgan fingerprint density at radius 3 is 2.61 bits per heavy atom. The number of benzene rings is 2. The maximum atomic E-state index is 12.0. The lowest BCUT2D eigenvalue weighted by Gasteiger charge is -2.10. The lowest BCUT2D eigenvalue weighted by Crippen LogP contribution is -2.32. The number of para-hydroxylation sites is 2. The number of nitrogens with zero attached hydrogens (tertiary/aromatic N) is 2. The Morgan fingerprint density at radius 2 is 1.93 bits per heavy atom. The van der Waals surface area contributed by atoms with Gasteiger partial charge in [-0.2, -0.15) is 5.10 Å². The topological polar surface area (TPSA) is 132 Å². The first-order chi connectivity index (χ1) is 13.5. The van der Waals surface area contributed by atoms with Gasteiger partial charge in [0.15, 0.2) is 5.75 Å². The number of nitrogens with one attached hydrogen (secondary N) is 2. The highest BCUT2D eigenvalue weighted by atomic mass is 16.6. The molecule has 0 unspecified atom stereocenters. The third-order valence-corrected chi connectivity index (χ3v) is 3.42. The highest BCUT2D eigenvalue weighted by Crippen LogP contribution is 2.27. The quantitative estimate of drug-likeness (QED) is 0.324. The number of hydrazone groups is 1. The second kappa shape index (κ2) is 9.67. The van der Waals surface area contributed by atoms with Crippen LogP contribution in [0.5, 0.6) is 11.5 Å². The highest BCUT2D eigenvalue weighted by Gasteiger charge is 2.16. The highest BCUT2D eigenvalue weighted by molar-refractivity contribution is 6.39. The molecule has 0 saturated heterocycles. The molecular weight excluding hydrogens is 368 g/mol. The average Bonchev–Trinajstić information content (AvgIpc) is 2.69. The monoisotopic (exact) mass is 386 g/mol. The summed E-state index contributed by atoms with van der Waals surface area (Å²) in [5, 5.41) is 17.1. The van der Waals surface area contributed by atoms with Crippen molar-refractivity contribution >= 4 is 29.4 Å². The molecule has 2 rings (SSSR count). The number of methoxy groups -OCH3 is 1. The molecule has 0 radical (unpaired) electrons. The molecule has 2 aromatic carbocycles. The fourth-order valence-electron chi connectivity index (χ4n) is 2.18. The zero-order valence-electron chi connectivity index (χ0n) is 15.2. The van der Waals surface area contributed by atoms with E-state index in [9.17, 15) is 19.7 Å². The van der Waals surface area contributed by atoms with Gasteiger partial charge in [0.2, 0.25) is 0 Å². The van der Waals surface area contributed by atoms with Crippen molar-refractivity contribution in [3.8, 4) is 11.5 Å². The van der Waals surface area contributed by atoms with Crippen molar-refractivity contribution in [1.29, 1.82) is 0 Å². The molecule has 28 heavy (non-hydrogen) atoms. The van der Waals surface area contributed by atoms with Gasteiger partial charge in [0.25, 0.3) is 0 Å². The van der Waals surface area contributed by atoms with E-state index in [-0.39, 0.29) is 11.4 Å². The number of nitro groups is 1. The second-order valence-corrected chi connectivity index (χ2v) is 5.27. The molecule has 0 bridgehead atoms. The fourth-order valence-corrected chi connectivity index (χ4v) is 2.18. The summed E-state index contributed by atoms with van der Waals surface area (Å²) >= 11 is 0. The van der Waals surface area contributed by atoms with Crippen molar-refractivity contribution in [3.63, 3.8) is 0 Å². The van der Waals surface area contributed by atoms with E-state index >= 15 is 0 Å². The first-order valence-electron chi connectivity index (χ1n) is 8.15. The van der Waals surface area contributed by atoms with Gasteiger partial charge >= 0.3 is 17.5 Å². The van der Waals surface area contributed by atoms with Crippen LogP contribution in [0.3, 0.4) is 0 Å². The largest absolute Gasteiger partial charge is 0.492 e. The molecular formula is C18H18N4O6. The van der Waals surface area contributed by atoms with Gasteiger partial charge in [-0.1, -0.05) is 12.1 Å². The molecule has 0 fully saturated rings. The van der Waals surface area contributed by atoms with Gasteiger partial charge in [-0.05, 0) is 31.2 Å². The van der Waals surface area contributed by atoms with Crippen LogP contribution in [0, 0.1) is 10.1 Å². The van der Waals surface area contributed by atoms with E-state index in [1.165, 1.54) is 31.5 Å². The Labute approximate surface area is 160 Å². The summed E-state index contributed by atoms with van der Waals surface area (Å²) in [6.45, 7) is 2.20. The van der Waals surface area contributed by atoms with Crippen LogP contribution in [-0.2, 0) is 9.59 Å². The Morgan fingerprint density at radius 1 is 1.18 bits per heavy atom. The summed E-state index contributed by atoms with van der Waals surface area (Å²) in [7, 11) is 1.32. The first kappa shape index (κ1) is 20.4. The number of hydrogen-bond donors (Lipinski definition) is 2. The van der Waals surface area contributed by atoms with Crippen molar-refractivity contribution in [2.45, 2.75) is 6.92 Å². The number of anilines is 1. The van der Waals surface area contributed by atoms with E-state index < -0.39 is 16.7 Å². The number of rotatable bonds is 7. The van der Waals surface area contributed by atoms with Crippen molar-refractivity contribution in [3.05, 3.63) is 58.1 Å². The molecule has 0 aliphatic carbocycles. The fraction of sp³-hybridized carbons (Fsp3) is 0.167. The van der Waals surface area contributed by atoms with Crippen LogP contribution in [0.15, 0.2) is 47.6 Å². The number of carbonyl (C=O) groups is 2. The van der Waals surface area contributed by atoms with Gasteiger partial charge in [-0.25, -0.2) is 5.43 Å². The number of amides is 2. The van der Waals surface area contributed by atoms with Gasteiger partial charge < -0.3 is 14.8 Å². The van der Waals surface area contributed by atoms with Crippen LogP contribution >= 0.6 is 0 Å². The van der Waals surface area contributed by atoms with Gasteiger partial charge in [-0.3, -0.25) is 19.7 Å². The number of carbonyl (C=O) groups excluding carboxylic acids is 2. The minimum Gasteiger partial charge on any atom is -0.492 e. The van der Waals surface area contributed by atoms with Gasteiger partial charge in [0, 0.05) is 11.6 Å². The maximum absolute atomic E-state index is 12.0. The molecule has 2 aromatic rings. The van der Waals surface area contributed by atoms with E-state index in [1.54, 1.807) is 31.2 Å². The molecule has 0 atom stereocenters. The van der Waals surface area contributed by atoms with Crippen LogP contribution in [-0.4, -0.2) is 36.7 Å². The van der Waals surface area contributed by atoms with Crippen molar-refractivity contribution in [1.82, 2.24) is 5.43 Å². The Balaban J connectivity index is 2.01. The normalized spacial score (nSPS) is 10.4. The van der Waals surface area contributed by atoms with Crippen LogP contribution in [0.25, 0.3) is 0 Å². The zero-order chi connectivity index (χ0) is 20.5. The lowest BCUT2D eigenvalue weighted by atomic mass is 10.2. The van der Waals surface area contributed by atoms with E-state index in [2.05, 4.69) is 15.8 Å². The molecule has 0 spiro atoms. The first-order valence-corrected chi connectivity index (χ1v) is 8.15. The van der Waals surface area contributed by atoms with Gasteiger partial charge in [0.05, 0.1) is 30.5 Å². The third kappa shape index (κ3) is 5.27. The predicted molar refractivity (Wildman–Crippen MR) is 102 cm³/mol. The van der Waals surface area contributed by atoms with Crippen molar-refractivity contribution in [2.75, 3.05) is 19.0 Å². The molecule has 2 N–H and O–H groups in total. The number of ether oxygens (including phenoxy) is 2. The minimum atomic E-state index is -1.01. The second-order valence-electron chi connectivity index (χ2n) is 5.27. The molecule has 10 nitrogen and oxygen atoms in total. The van der Waals surface area contributed by atoms with E-state index in [0.717, 1.165) is 0 Å². The Kier molecular flexibility index (Phi) is 7.03. The molecule has 0 aliphatic heterocycles. The van der Waals surface area contributed by atoms with Crippen LogP contribution < -0.4 is 20.2 Å². The van der Waals surface area contributed by atoms with Crippen LogP contribution in [0.4, 0.5) is 11.4 Å². The standard InChI is InChI=1S/C18H18N4O6/c1-3-28-15-7-5-4-6-13(15)20-17(23)18(24)21-19-11-12-8-9-16(27-2)14(10-12)22(25)26/h4-11H,3H2,1-2H3,(H,20,23)(H,21,24)/b19-11-. The molecule has 146 valence electrons. The van der Waals surface area contributed by atoms with E-state index in [0.29, 0.717) is 23.6 Å². The SMILES string of the molecule is CCOc1ccccc1NC(=O)C(=O)N/N=C\c1ccc(OC)c([N+](=O)[O-])c1. The van der Waals surface area contributed by atoms with Gasteiger partial charge in [-0.15, -0.1) is 0 Å². The smallest absolute Gasteiger partial charge is 0.329 e. The lowest BCUT2D eigenvalue weighted by molar-refractivity contribution is -0.385.